The summed E-state index contributed by atoms with van der Waals surface area (Å²) in [6.07, 6.45) is -7.68. The van der Waals surface area contributed by atoms with Crippen molar-refractivity contribution in [3.8, 4) is 11.3 Å². The quantitative estimate of drug-likeness (QED) is 0.298. The summed E-state index contributed by atoms with van der Waals surface area (Å²) in [5.41, 5.74) is -1.21. The Labute approximate surface area is 234 Å². The highest BCUT2D eigenvalue weighted by Crippen LogP contribution is 2.42. The van der Waals surface area contributed by atoms with Crippen LogP contribution < -0.4 is 0 Å². The Morgan fingerprint density at radius 1 is 1.20 bits per heavy atom. The number of hydrogen-bond donors (Lipinski definition) is 3. The number of aliphatic hydroxyl groups excluding tert-OH is 3. The van der Waals surface area contributed by atoms with Crippen molar-refractivity contribution in [1.29, 1.82) is 0 Å². The van der Waals surface area contributed by atoms with Crippen LogP contribution in [-0.2, 0) is 4.74 Å². The van der Waals surface area contributed by atoms with E-state index in [1.54, 1.807) is 0 Å². The van der Waals surface area contributed by atoms with Crippen LogP contribution >= 0.6 is 23.2 Å². The molecule has 3 N–H and O–H groups in total. The third-order valence-corrected chi connectivity index (χ3v) is 7.17. The Morgan fingerprint density at radius 3 is 2.62 bits per heavy atom. The molecule has 0 saturated carbocycles. The van der Waals surface area contributed by atoms with Crippen molar-refractivity contribution in [2.24, 2.45) is 0 Å². The van der Waals surface area contributed by atoms with Gasteiger partial charge in [0.2, 0.25) is 0 Å². The van der Waals surface area contributed by atoms with E-state index in [-0.39, 0.29) is 40.0 Å². The molecule has 16 heteroatoms. The number of aromatic nitrogens is 6. The van der Waals surface area contributed by atoms with E-state index in [2.05, 4.69) is 20.4 Å². The SMILES string of the molecule is Cc1nc([C@@H]2OC(CO)[C@H](O)C(n3cc(-c4ccc(Cl)cc4F)nn3)[C@H]2O)n(C2=C(C(F)(F)F)C=CC(Cl)C2)n1. The second-order valence-corrected chi connectivity index (χ2v) is 10.3. The van der Waals surface area contributed by atoms with Crippen LogP contribution in [0.5, 0.6) is 0 Å². The molecule has 1 aliphatic carbocycles. The third-order valence-electron chi connectivity index (χ3n) is 6.64. The molecule has 1 aromatic carbocycles. The monoisotopic (exact) mass is 604 g/mol. The minimum absolute atomic E-state index is 0.0462. The summed E-state index contributed by atoms with van der Waals surface area (Å²) in [6.45, 7) is 0.727. The average Bonchev–Trinajstić information content (AvgIpc) is 3.50. The van der Waals surface area contributed by atoms with E-state index in [0.29, 0.717) is 0 Å². The number of ether oxygens (including phenoxy) is 1. The van der Waals surface area contributed by atoms with Gasteiger partial charge in [-0.2, -0.15) is 18.3 Å². The maximum Gasteiger partial charge on any atom is 0.418 e. The summed E-state index contributed by atoms with van der Waals surface area (Å²) >= 11 is 12.0. The molecule has 2 aliphatic rings. The molecule has 2 aromatic heterocycles. The van der Waals surface area contributed by atoms with Gasteiger partial charge < -0.3 is 20.1 Å². The Morgan fingerprint density at radius 2 is 1.95 bits per heavy atom. The van der Waals surface area contributed by atoms with Crippen LogP contribution in [0.25, 0.3) is 17.0 Å². The van der Waals surface area contributed by atoms with E-state index in [1.165, 1.54) is 31.3 Å². The van der Waals surface area contributed by atoms with Crippen molar-refractivity contribution in [2.45, 2.75) is 55.4 Å². The van der Waals surface area contributed by atoms with E-state index >= 15 is 0 Å². The summed E-state index contributed by atoms with van der Waals surface area (Å²) in [5.74, 6) is -0.819. The van der Waals surface area contributed by atoms with E-state index < -0.39 is 60.0 Å². The largest absolute Gasteiger partial charge is 0.418 e. The van der Waals surface area contributed by atoms with E-state index in [1.807, 2.05) is 0 Å². The van der Waals surface area contributed by atoms with Crippen LogP contribution in [0.15, 0.2) is 42.1 Å². The van der Waals surface area contributed by atoms with E-state index in [9.17, 15) is 32.9 Å². The summed E-state index contributed by atoms with van der Waals surface area (Å²) < 4.78 is 63.9. The number of allylic oxidation sites excluding steroid dienone is 4. The topological polar surface area (TPSA) is 131 Å². The molecular formula is C24H22Cl2F4N6O4. The lowest BCUT2D eigenvalue weighted by Gasteiger charge is -2.41. The normalized spacial score (nSPS) is 27.4. The fourth-order valence-corrected chi connectivity index (χ4v) is 5.18. The maximum atomic E-state index is 14.5. The third kappa shape index (κ3) is 5.27. The number of nitrogens with zero attached hydrogens (tertiary/aromatic N) is 6. The predicted molar refractivity (Wildman–Crippen MR) is 134 cm³/mol. The number of benzene rings is 1. The fourth-order valence-electron chi connectivity index (χ4n) is 4.80. The molecule has 10 nitrogen and oxygen atoms in total. The molecule has 40 heavy (non-hydrogen) atoms. The summed E-state index contributed by atoms with van der Waals surface area (Å²) in [4.78, 5) is 4.22. The Hall–Kier alpha value is -2.88. The number of alkyl halides is 4. The number of aryl methyl sites for hydroxylation is 1. The van der Waals surface area contributed by atoms with Gasteiger partial charge in [-0.3, -0.25) is 0 Å². The molecule has 0 bridgehead atoms. The molecule has 0 amide bonds. The Kier molecular flexibility index (Phi) is 7.76. The molecular weight excluding hydrogens is 583 g/mol. The van der Waals surface area contributed by atoms with Gasteiger partial charge in [-0.05, 0) is 25.1 Å². The smallest absolute Gasteiger partial charge is 0.394 e. The van der Waals surface area contributed by atoms with Crippen LogP contribution in [0.1, 0.15) is 30.2 Å². The zero-order valence-corrected chi connectivity index (χ0v) is 22.1. The summed E-state index contributed by atoms with van der Waals surface area (Å²) in [6, 6.07) is 2.57. The molecule has 1 fully saturated rings. The van der Waals surface area contributed by atoms with Crippen molar-refractivity contribution >= 4 is 28.9 Å². The zero-order chi connectivity index (χ0) is 28.9. The Balaban J connectivity index is 1.57. The summed E-state index contributed by atoms with van der Waals surface area (Å²) in [7, 11) is 0. The number of halogens is 6. The predicted octanol–water partition coefficient (Wildman–Crippen LogP) is 3.37. The van der Waals surface area contributed by atoms with Crippen molar-refractivity contribution in [3.63, 3.8) is 0 Å². The zero-order valence-electron chi connectivity index (χ0n) is 20.5. The minimum atomic E-state index is -4.74. The lowest BCUT2D eigenvalue weighted by Crippen LogP contribution is -2.53. The molecule has 5 rings (SSSR count). The number of hydrogen-bond acceptors (Lipinski definition) is 8. The molecule has 0 radical (unpaired) electrons. The molecule has 214 valence electrons. The Bertz CT molecular complexity index is 1480. The van der Waals surface area contributed by atoms with Crippen molar-refractivity contribution in [1.82, 2.24) is 29.8 Å². The van der Waals surface area contributed by atoms with Crippen molar-refractivity contribution < 1.29 is 37.6 Å². The second kappa shape index (κ2) is 10.8. The van der Waals surface area contributed by atoms with Gasteiger partial charge in [0.25, 0.3) is 0 Å². The molecule has 1 aliphatic heterocycles. The molecule has 3 unspecified atom stereocenters. The second-order valence-electron chi connectivity index (χ2n) is 9.32. The van der Waals surface area contributed by atoms with Gasteiger partial charge in [-0.25, -0.2) is 18.7 Å². The first kappa shape index (κ1) is 28.6. The van der Waals surface area contributed by atoms with E-state index in [4.69, 9.17) is 27.9 Å². The standard InChI is InChI=1S/C24H22Cl2F4N6O4/c1-10-31-23(36(33-10)17-7-12(26)3-5-14(17)24(28,29)30)22-21(39)19(20(38)18(9-37)40-22)35-8-16(32-34-35)13-4-2-11(25)6-15(13)27/h2-6,8,12,18-22,37-39H,7,9H2,1H3/t12?,18?,19?,20-,21+,22+/m0/s1. The highest BCUT2D eigenvalue weighted by molar-refractivity contribution is 6.30. The van der Waals surface area contributed by atoms with Gasteiger partial charge in [-0.15, -0.1) is 16.7 Å². The lowest BCUT2D eigenvalue weighted by atomic mass is 9.92. The van der Waals surface area contributed by atoms with Crippen LogP contribution in [-0.4, -0.2) is 81.6 Å². The van der Waals surface area contributed by atoms with Gasteiger partial charge in [0, 0.05) is 17.0 Å². The highest BCUT2D eigenvalue weighted by Gasteiger charge is 2.49. The average molecular weight is 605 g/mol. The molecule has 3 heterocycles. The van der Waals surface area contributed by atoms with Crippen LogP contribution in [0.4, 0.5) is 17.6 Å². The highest BCUT2D eigenvalue weighted by atomic mass is 35.5. The molecule has 6 atom stereocenters. The van der Waals surface area contributed by atoms with E-state index in [0.717, 1.165) is 21.5 Å². The minimum Gasteiger partial charge on any atom is -0.394 e. The first-order chi connectivity index (χ1) is 18.9. The van der Waals surface area contributed by atoms with Crippen molar-refractivity contribution in [2.75, 3.05) is 6.61 Å². The molecule has 3 aromatic rings. The van der Waals surface area contributed by atoms with Gasteiger partial charge >= 0.3 is 6.18 Å². The van der Waals surface area contributed by atoms with Crippen LogP contribution in [0.2, 0.25) is 5.02 Å². The van der Waals surface area contributed by atoms with Crippen LogP contribution in [0.3, 0.4) is 0 Å². The number of rotatable bonds is 5. The molecule has 0 spiro atoms. The molecule has 1 saturated heterocycles. The fraction of sp³-hybridized carbons (Fsp3) is 0.417. The maximum absolute atomic E-state index is 14.5. The van der Waals surface area contributed by atoms with Gasteiger partial charge in [0.15, 0.2) is 5.82 Å². The van der Waals surface area contributed by atoms with Gasteiger partial charge in [0.05, 0.1) is 29.5 Å². The van der Waals surface area contributed by atoms with Crippen molar-refractivity contribution in [3.05, 3.63) is 64.6 Å². The lowest BCUT2D eigenvalue weighted by molar-refractivity contribution is -0.210. The van der Waals surface area contributed by atoms with Gasteiger partial charge in [-0.1, -0.05) is 29.0 Å². The first-order valence-corrected chi connectivity index (χ1v) is 12.8. The number of aliphatic hydroxyl groups is 3. The summed E-state index contributed by atoms with van der Waals surface area (Å²) in [5, 5.41) is 43.6. The van der Waals surface area contributed by atoms with Gasteiger partial charge in [0.1, 0.15) is 47.8 Å². The van der Waals surface area contributed by atoms with Crippen LogP contribution in [0, 0.1) is 12.7 Å². The first-order valence-electron chi connectivity index (χ1n) is 11.9.